The van der Waals surface area contributed by atoms with Crippen molar-refractivity contribution in [2.24, 2.45) is 23.2 Å². The number of alkyl halides is 1. The highest BCUT2D eigenvalue weighted by Crippen LogP contribution is 2.63. The molecule has 0 unspecified atom stereocenters. The molecule has 0 saturated heterocycles. The lowest BCUT2D eigenvalue weighted by atomic mass is 9.52. The van der Waals surface area contributed by atoms with E-state index in [0.717, 1.165) is 6.42 Å². The van der Waals surface area contributed by atoms with Crippen LogP contribution < -0.4 is 0 Å². The topological polar surface area (TPSA) is 69.7 Å². The molecule has 4 aliphatic carbocycles. The van der Waals surface area contributed by atoms with Gasteiger partial charge in [-0.05, 0) is 67.7 Å². The van der Waals surface area contributed by atoms with Gasteiger partial charge in [-0.15, -0.1) is 0 Å². The summed E-state index contributed by atoms with van der Waals surface area (Å²) in [4.78, 5) is 35.1. The zero-order valence-corrected chi connectivity index (χ0v) is 16.6. The Morgan fingerprint density at radius 1 is 1.14 bits per heavy atom. The third kappa shape index (κ3) is 2.83. The first-order valence-electron chi connectivity index (χ1n) is 10.1. The average Bonchev–Trinajstić information content (AvgIpc) is 2.87. The van der Waals surface area contributed by atoms with Crippen molar-refractivity contribution in [3.8, 4) is 0 Å². The quantitative estimate of drug-likeness (QED) is 0.676. The molecule has 0 aliphatic heterocycles. The minimum absolute atomic E-state index is 0.0948. The number of rotatable bonds is 2. The Hall–Kier alpha value is -1.98. The third-order valence-corrected chi connectivity index (χ3v) is 7.54. The Morgan fingerprint density at radius 2 is 1.86 bits per heavy atom. The van der Waals surface area contributed by atoms with Crippen LogP contribution in [0.1, 0.15) is 52.9 Å². The first-order chi connectivity index (χ1) is 13.1. The van der Waals surface area contributed by atoms with Crippen LogP contribution in [0.5, 0.6) is 0 Å². The molecule has 7 atom stereocenters. The SMILES string of the molecule is CC(=O)O[C@@H]1C[C@H]2[C@@H]3CCC4=CC(=O)C=C[C@]4(F)[C@H]3CC[C@]2(C)[C@H]1OC(C)=O. The second-order valence-corrected chi connectivity index (χ2v) is 9.05. The Balaban J connectivity index is 1.67. The van der Waals surface area contributed by atoms with Gasteiger partial charge in [0.25, 0.3) is 0 Å². The molecular weight excluding hydrogens is 363 g/mol. The number of fused-ring (bicyclic) bond motifs is 5. The number of ketones is 1. The summed E-state index contributed by atoms with van der Waals surface area (Å²) in [5.41, 5.74) is -1.33. The van der Waals surface area contributed by atoms with Gasteiger partial charge in [-0.2, -0.15) is 0 Å². The Morgan fingerprint density at radius 3 is 2.54 bits per heavy atom. The van der Waals surface area contributed by atoms with E-state index >= 15 is 4.39 Å². The van der Waals surface area contributed by atoms with Crippen molar-refractivity contribution >= 4 is 17.7 Å². The molecule has 0 aromatic rings. The molecular formula is C22H27FO5. The summed E-state index contributed by atoms with van der Waals surface area (Å²) >= 11 is 0. The molecule has 0 bridgehead atoms. The van der Waals surface area contributed by atoms with E-state index in [1.807, 2.05) is 0 Å². The molecule has 0 N–H and O–H groups in total. The molecule has 6 heteroatoms. The second-order valence-electron chi connectivity index (χ2n) is 9.05. The van der Waals surface area contributed by atoms with Gasteiger partial charge in [-0.1, -0.05) is 6.92 Å². The predicted octanol–water partition coefficient (Wildman–Crippen LogP) is 3.47. The lowest BCUT2D eigenvalue weighted by Crippen LogP contribution is -2.53. The minimum atomic E-state index is -1.57. The van der Waals surface area contributed by atoms with Gasteiger partial charge in [0, 0.05) is 25.2 Å². The number of esters is 2. The predicted molar refractivity (Wildman–Crippen MR) is 98.8 cm³/mol. The summed E-state index contributed by atoms with van der Waals surface area (Å²) in [5.74, 6) is -0.948. The molecule has 4 aliphatic rings. The zero-order valence-electron chi connectivity index (χ0n) is 16.6. The van der Waals surface area contributed by atoms with Crippen LogP contribution in [0.2, 0.25) is 0 Å². The number of ether oxygens (including phenoxy) is 2. The van der Waals surface area contributed by atoms with Crippen LogP contribution >= 0.6 is 0 Å². The van der Waals surface area contributed by atoms with Crippen LogP contribution in [0.15, 0.2) is 23.8 Å². The normalized spacial score (nSPS) is 44.1. The Kier molecular flexibility index (Phi) is 4.51. The largest absolute Gasteiger partial charge is 0.459 e. The van der Waals surface area contributed by atoms with Gasteiger partial charge in [0.15, 0.2) is 11.5 Å². The molecule has 28 heavy (non-hydrogen) atoms. The monoisotopic (exact) mass is 390 g/mol. The maximum atomic E-state index is 16.0. The molecule has 0 spiro atoms. The van der Waals surface area contributed by atoms with Crippen LogP contribution in [0.25, 0.3) is 0 Å². The van der Waals surface area contributed by atoms with Crippen molar-refractivity contribution in [2.45, 2.75) is 70.8 Å². The summed E-state index contributed by atoms with van der Waals surface area (Å²) in [5, 5.41) is 0. The van der Waals surface area contributed by atoms with Gasteiger partial charge >= 0.3 is 11.9 Å². The Bertz CT molecular complexity index is 786. The summed E-state index contributed by atoms with van der Waals surface area (Å²) in [6, 6.07) is 0. The molecule has 0 aromatic heterocycles. The fraction of sp³-hybridized carbons (Fsp3) is 0.682. The van der Waals surface area contributed by atoms with Gasteiger partial charge in [0.2, 0.25) is 0 Å². The van der Waals surface area contributed by atoms with Gasteiger partial charge in [0.05, 0.1) is 0 Å². The fourth-order valence-electron chi connectivity index (χ4n) is 6.46. The maximum absolute atomic E-state index is 16.0. The van der Waals surface area contributed by atoms with Crippen molar-refractivity contribution in [2.75, 3.05) is 0 Å². The van der Waals surface area contributed by atoms with Crippen LogP contribution in [0.3, 0.4) is 0 Å². The average molecular weight is 390 g/mol. The van der Waals surface area contributed by atoms with E-state index < -0.39 is 29.8 Å². The minimum Gasteiger partial charge on any atom is -0.459 e. The lowest BCUT2D eigenvalue weighted by molar-refractivity contribution is -0.172. The first-order valence-corrected chi connectivity index (χ1v) is 10.1. The smallest absolute Gasteiger partial charge is 0.303 e. The van der Waals surface area contributed by atoms with Crippen LogP contribution in [0.4, 0.5) is 4.39 Å². The summed E-state index contributed by atoms with van der Waals surface area (Å²) < 4.78 is 27.2. The molecule has 0 aromatic carbocycles. The van der Waals surface area contributed by atoms with E-state index in [1.165, 1.54) is 32.1 Å². The third-order valence-electron chi connectivity index (χ3n) is 7.54. The Labute approximate surface area is 164 Å². The molecule has 0 heterocycles. The van der Waals surface area contributed by atoms with E-state index in [2.05, 4.69) is 6.92 Å². The first kappa shape index (κ1) is 19.3. The fourth-order valence-corrected chi connectivity index (χ4v) is 6.46. The van der Waals surface area contributed by atoms with Crippen molar-refractivity contribution in [3.63, 3.8) is 0 Å². The van der Waals surface area contributed by atoms with Gasteiger partial charge in [0.1, 0.15) is 12.2 Å². The van der Waals surface area contributed by atoms with E-state index in [0.29, 0.717) is 31.3 Å². The standard InChI is InChI=1S/C22H27FO5/c1-12(24)27-19-11-18-16-5-4-14-10-15(26)6-9-22(14,23)17(16)7-8-21(18,3)20(19)28-13(2)25/h6,9-10,16-20H,4-5,7-8,11H2,1-3H3/t16-,17+,18+,19-,20+,21+,22-/m1/s1. The van der Waals surface area contributed by atoms with Gasteiger partial charge < -0.3 is 9.47 Å². The number of hydrogen-bond acceptors (Lipinski definition) is 5. The second kappa shape index (κ2) is 6.53. The summed E-state index contributed by atoms with van der Waals surface area (Å²) in [6.07, 6.45) is 6.52. The summed E-state index contributed by atoms with van der Waals surface area (Å²) in [6.45, 7) is 4.81. The number of hydrogen-bond donors (Lipinski definition) is 0. The van der Waals surface area contributed by atoms with Crippen molar-refractivity contribution in [1.29, 1.82) is 0 Å². The molecule has 0 amide bonds. The van der Waals surface area contributed by atoms with Crippen LogP contribution in [-0.2, 0) is 23.9 Å². The highest BCUT2D eigenvalue weighted by molar-refractivity contribution is 6.01. The molecule has 3 saturated carbocycles. The highest BCUT2D eigenvalue weighted by Gasteiger charge is 2.64. The van der Waals surface area contributed by atoms with E-state index in [4.69, 9.17) is 9.47 Å². The maximum Gasteiger partial charge on any atom is 0.303 e. The van der Waals surface area contributed by atoms with Crippen molar-refractivity contribution in [1.82, 2.24) is 0 Å². The van der Waals surface area contributed by atoms with Crippen LogP contribution in [0, 0.1) is 23.2 Å². The van der Waals surface area contributed by atoms with E-state index in [9.17, 15) is 14.4 Å². The highest BCUT2D eigenvalue weighted by atomic mass is 19.1. The molecule has 4 rings (SSSR count). The van der Waals surface area contributed by atoms with E-state index in [1.54, 1.807) is 0 Å². The number of halogens is 1. The van der Waals surface area contributed by atoms with Crippen LogP contribution in [-0.4, -0.2) is 35.6 Å². The van der Waals surface area contributed by atoms with E-state index in [-0.39, 0.29) is 29.0 Å². The number of allylic oxidation sites excluding steroid dienone is 4. The number of carbonyl (C=O) groups is 3. The van der Waals surface area contributed by atoms with Gasteiger partial charge in [-0.25, -0.2) is 4.39 Å². The van der Waals surface area contributed by atoms with Gasteiger partial charge in [-0.3, -0.25) is 14.4 Å². The van der Waals surface area contributed by atoms with Crippen molar-refractivity contribution in [3.05, 3.63) is 23.8 Å². The molecule has 3 fully saturated rings. The lowest BCUT2D eigenvalue weighted by Gasteiger charge is -2.54. The number of carbonyl (C=O) groups excluding carboxylic acids is 3. The zero-order chi connectivity index (χ0) is 20.3. The summed E-state index contributed by atoms with van der Waals surface area (Å²) in [7, 11) is 0. The molecule has 5 nitrogen and oxygen atoms in total. The molecule has 152 valence electrons. The van der Waals surface area contributed by atoms with Crippen molar-refractivity contribution < 1.29 is 28.2 Å². The molecule has 0 radical (unpaired) electrons.